The van der Waals surface area contributed by atoms with Crippen LogP contribution in [0.3, 0.4) is 0 Å². The molecule has 1 fully saturated rings. The molecule has 2 aromatic rings. The summed E-state index contributed by atoms with van der Waals surface area (Å²) in [6.07, 6.45) is 4.09. The van der Waals surface area contributed by atoms with Crippen molar-refractivity contribution in [1.82, 2.24) is 14.5 Å². The standard InChI is InChI=1S/C15H19Cl2N3/c1-8-4-5-13(9(8)2)20-14(10(3)16)19-12-6-11(17)7-18-15(12)20/h6-10,13H,4-5H2,1-3H3. The first-order valence-corrected chi connectivity index (χ1v) is 7.98. The molecule has 0 aliphatic heterocycles. The smallest absolute Gasteiger partial charge is 0.160 e. The number of halogens is 2. The molecule has 1 aliphatic rings. The van der Waals surface area contributed by atoms with Crippen molar-refractivity contribution in [2.24, 2.45) is 11.8 Å². The van der Waals surface area contributed by atoms with Gasteiger partial charge in [0, 0.05) is 12.2 Å². The minimum Gasteiger partial charge on any atom is -0.308 e. The van der Waals surface area contributed by atoms with Gasteiger partial charge in [0.1, 0.15) is 11.3 Å². The summed E-state index contributed by atoms with van der Waals surface area (Å²) < 4.78 is 2.25. The Kier molecular flexibility index (Phi) is 3.67. The van der Waals surface area contributed by atoms with Crippen molar-refractivity contribution in [3.63, 3.8) is 0 Å². The third kappa shape index (κ3) is 2.21. The second-order valence-electron chi connectivity index (χ2n) is 5.93. The van der Waals surface area contributed by atoms with E-state index in [1.54, 1.807) is 6.20 Å². The number of hydrogen-bond acceptors (Lipinski definition) is 2. The van der Waals surface area contributed by atoms with E-state index in [0.29, 0.717) is 17.0 Å². The fourth-order valence-electron chi connectivity index (χ4n) is 3.29. The molecule has 0 aromatic carbocycles. The number of alkyl halides is 1. The number of rotatable bonds is 2. The summed E-state index contributed by atoms with van der Waals surface area (Å²) >= 11 is 12.4. The molecule has 4 atom stereocenters. The minimum absolute atomic E-state index is 0.133. The van der Waals surface area contributed by atoms with E-state index in [9.17, 15) is 0 Å². The number of aromatic nitrogens is 3. The SMILES string of the molecule is CC(Cl)c1nc2cc(Cl)cnc2n1C1CCC(C)C1C. The van der Waals surface area contributed by atoms with Gasteiger partial charge in [-0.15, -0.1) is 11.6 Å². The molecular formula is C15H19Cl2N3. The van der Waals surface area contributed by atoms with E-state index in [1.165, 1.54) is 6.42 Å². The largest absolute Gasteiger partial charge is 0.308 e. The molecule has 0 spiro atoms. The maximum Gasteiger partial charge on any atom is 0.160 e. The lowest BCUT2D eigenvalue weighted by Crippen LogP contribution is -2.17. The van der Waals surface area contributed by atoms with Crippen LogP contribution in [0.2, 0.25) is 5.02 Å². The summed E-state index contributed by atoms with van der Waals surface area (Å²) in [6, 6.07) is 2.30. The third-order valence-electron chi connectivity index (χ3n) is 4.63. The highest BCUT2D eigenvalue weighted by atomic mass is 35.5. The average molecular weight is 312 g/mol. The molecule has 0 saturated heterocycles. The highest BCUT2D eigenvalue weighted by molar-refractivity contribution is 6.31. The summed E-state index contributed by atoms with van der Waals surface area (Å²) in [5.41, 5.74) is 1.75. The Morgan fingerprint density at radius 3 is 2.70 bits per heavy atom. The van der Waals surface area contributed by atoms with Gasteiger partial charge in [-0.3, -0.25) is 0 Å². The van der Waals surface area contributed by atoms with E-state index in [2.05, 4.69) is 28.4 Å². The maximum atomic E-state index is 6.34. The van der Waals surface area contributed by atoms with Crippen LogP contribution in [0, 0.1) is 11.8 Å². The van der Waals surface area contributed by atoms with Crippen molar-refractivity contribution >= 4 is 34.4 Å². The zero-order valence-corrected chi connectivity index (χ0v) is 13.5. The molecule has 1 aliphatic carbocycles. The number of fused-ring (bicyclic) bond motifs is 1. The van der Waals surface area contributed by atoms with Crippen molar-refractivity contribution in [3.8, 4) is 0 Å². The highest BCUT2D eigenvalue weighted by Gasteiger charge is 2.34. The van der Waals surface area contributed by atoms with Gasteiger partial charge in [-0.05, 0) is 37.7 Å². The molecule has 0 amide bonds. The molecule has 2 aromatic heterocycles. The predicted octanol–water partition coefficient (Wildman–Crippen LogP) is 4.99. The predicted molar refractivity (Wildman–Crippen MR) is 83.4 cm³/mol. The second kappa shape index (κ2) is 5.19. The first-order chi connectivity index (χ1) is 9.49. The van der Waals surface area contributed by atoms with E-state index in [4.69, 9.17) is 23.2 Å². The molecule has 4 unspecified atom stereocenters. The Hall–Kier alpha value is -0.800. The number of pyridine rings is 1. The molecule has 3 nitrogen and oxygen atoms in total. The fraction of sp³-hybridized carbons (Fsp3) is 0.600. The van der Waals surface area contributed by atoms with Crippen LogP contribution in [0.1, 0.15) is 50.9 Å². The Labute approximate surface area is 129 Å². The Morgan fingerprint density at radius 1 is 1.35 bits per heavy atom. The zero-order valence-electron chi connectivity index (χ0n) is 12.0. The fourth-order valence-corrected chi connectivity index (χ4v) is 3.59. The first kappa shape index (κ1) is 14.2. The lowest BCUT2D eigenvalue weighted by Gasteiger charge is -2.23. The van der Waals surface area contributed by atoms with Crippen molar-refractivity contribution in [2.45, 2.75) is 45.0 Å². The van der Waals surface area contributed by atoms with Crippen molar-refractivity contribution in [3.05, 3.63) is 23.1 Å². The monoisotopic (exact) mass is 311 g/mol. The van der Waals surface area contributed by atoms with Gasteiger partial charge < -0.3 is 4.57 Å². The summed E-state index contributed by atoms with van der Waals surface area (Å²) in [6.45, 7) is 6.59. The van der Waals surface area contributed by atoms with Gasteiger partial charge in [-0.25, -0.2) is 9.97 Å². The van der Waals surface area contributed by atoms with Crippen LogP contribution < -0.4 is 0 Å². The van der Waals surface area contributed by atoms with E-state index < -0.39 is 0 Å². The van der Waals surface area contributed by atoms with Gasteiger partial charge in [-0.2, -0.15) is 0 Å². The van der Waals surface area contributed by atoms with Crippen LogP contribution in [-0.4, -0.2) is 14.5 Å². The van der Waals surface area contributed by atoms with E-state index in [1.807, 2.05) is 13.0 Å². The number of nitrogens with zero attached hydrogens (tertiary/aromatic N) is 3. The zero-order chi connectivity index (χ0) is 14.4. The molecule has 20 heavy (non-hydrogen) atoms. The molecule has 5 heteroatoms. The molecule has 2 heterocycles. The lowest BCUT2D eigenvalue weighted by atomic mass is 9.97. The molecular weight excluding hydrogens is 293 g/mol. The Morgan fingerprint density at radius 2 is 2.10 bits per heavy atom. The molecule has 108 valence electrons. The van der Waals surface area contributed by atoms with Gasteiger partial charge in [0.25, 0.3) is 0 Å². The topological polar surface area (TPSA) is 30.7 Å². The molecule has 0 radical (unpaired) electrons. The lowest BCUT2D eigenvalue weighted by molar-refractivity contribution is 0.351. The Balaban J connectivity index is 2.19. The van der Waals surface area contributed by atoms with Gasteiger partial charge in [0.05, 0.1) is 10.4 Å². The summed E-state index contributed by atoms with van der Waals surface area (Å²) in [5.74, 6) is 2.24. The van der Waals surface area contributed by atoms with Crippen LogP contribution in [0.5, 0.6) is 0 Å². The quantitative estimate of drug-likeness (QED) is 0.731. The Bertz CT molecular complexity index is 635. The number of hydrogen-bond donors (Lipinski definition) is 0. The van der Waals surface area contributed by atoms with E-state index in [0.717, 1.165) is 29.3 Å². The summed E-state index contributed by atoms with van der Waals surface area (Å²) in [7, 11) is 0. The molecule has 3 rings (SSSR count). The molecule has 1 saturated carbocycles. The van der Waals surface area contributed by atoms with Crippen LogP contribution in [0.25, 0.3) is 11.2 Å². The number of imidazole rings is 1. The normalized spacial score (nSPS) is 28.1. The molecule has 0 bridgehead atoms. The van der Waals surface area contributed by atoms with Gasteiger partial charge in [-0.1, -0.05) is 25.4 Å². The summed E-state index contributed by atoms with van der Waals surface area (Å²) in [5, 5.41) is 0.481. The van der Waals surface area contributed by atoms with Crippen molar-refractivity contribution < 1.29 is 0 Å². The van der Waals surface area contributed by atoms with Crippen molar-refractivity contribution in [1.29, 1.82) is 0 Å². The van der Waals surface area contributed by atoms with E-state index >= 15 is 0 Å². The van der Waals surface area contributed by atoms with Crippen LogP contribution >= 0.6 is 23.2 Å². The average Bonchev–Trinajstić information content (AvgIpc) is 2.91. The van der Waals surface area contributed by atoms with Crippen molar-refractivity contribution in [2.75, 3.05) is 0 Å². The summed E-state index contributed by atoms with van der Waals surface area (Å²) in [4.78, 5) is 9.16. The van der Waals surface area contributed by atoms with Gasteiger partial charge in [0.2, 0.25) is 0 Å². The van der Waals surface area contributed by atoms with Crippen LogP contribution in [0.15, 0.2) is 12.3 Å². The van der Waals surface area contributed by atoms with Crippen LogP contribution in [-0.2, 0) is 0 Å². The minimum atomic E-state index is -0.133. The van der Waals surface area contributed by atoms with Crippen LogP contribution in [0.4, 0.5) is 0 Å². The van der Waals surface area contributed by atoms with Gasteiger partial charge in [0.15, 0.2) is 5.65 Å². The highest BCUT2D eigenvalue weighted by Crippen LogP contribution is 2.43. The molecule has 0 N–H and O–H groups in total. The van der Waals surface area contributed by atoms with E-state index in [-0.39, 0.29) is 5.38 Å². The maximum absolute atomic E-state index is 6.34. The third-order valence-corrected chi connectivity index (χ3v) is 5.04. The second-order valence-corrected chi connectivity index (χ2v) is 7.02. The van der Waals surface area contributed by atoms with Gasteiger partial charge >= 0.3 is 0 Å². The first-order valence-electron chi connectivity index (χ1n) is 7.16.